The van der Waals surface area contributed by atoms with Crippen LogP contribution in [-0.2, 0) is 16.6 Å². The summed E-state index contributed by atoms with van der Waals surface area (Å²) in [5.74, 6) is 3.07. The van der Waals surface area contributed by atoms with Gasteiger partial charge in [0.15, 0.2) is 0 Å². The minimum Gasteiger partial charge on any atom is -0.377 e. The van der Waals surface area contributed by atoms with Gasteiger partial charge in [-0.2, -0.15) is 0 Å². The minimum absolute atomic E-state index is 0.104. The maximum atomic E-state index is 6.75. The highest BCUT2D eigenvalue weighted by Gasteiger charge is 2.72. The lowest BCUT2D eigenvalue weighted by Gasteiger charge is -2.72. The topological polar surface area (TPSA) is 35.0 Å². The van der Waals surface area contributed by atoms with Crippen LogP contribution in [0.1, 0.15) is 111 Å². The Balaban J connectivity index is 1.31. The molecule has 0 amide bonds. The highest BCUT2D eigenvalue weighted by molar-refractivity contribution is 5.32. The van der Waals surface area contributed by atoms with Gasteiger partial charge in [0, 0.05) is 17.8 Å². The number of fused-ring (bicyclic) bond motifs is 6. The first kappa shape index (κ1) is 23.2. The summed E-state index contributed by atoms with van der Waals surface area (Å²) in [7, 11) is 0. The molecule has 3 nitrogen and oxygen atoms in total. The lowest BCUT2D eigenvalue weighted by molar-refractivity contribution is -0.233. The third-order valence-electron chi connectivity index (χ3n) is 14.2. The molecule has 4 saturated carbocycles. The van der Waals surface area contributed by atoms with Crippen LogP contribution in [0.15, 0.2) is 12.4 Å². The van der Waals surface area contributed by atoms with Crippen LogP contribution in [0.5, 0.6) is 0 Å². The van der Waals surface area contributed by atoms with Crippen molar-refractivity contribution >= 4 is 0 Å². The average Bonchev–Trinajstić information content (AvgIpc) is 3.13. The molecule has 0 aromatic carbocycles. The van der Waals surface area contributed by atoms with Crippen molar-refractivity contribution in [2.75, 3.05) is 6.61 Å². The van der Waals surface area contributed by atoms with Crippen molar-refractivity contribution in [3.63, 3.8) is 0 Å². The van der Waals surface area contributed by atoms with E-state index in [9.17, 15) is 0 Å². The van der Waals surface area contributed by atoms with Gasteiger partial charge in [0.1, 0.15) is 0 Å². The van der Waals surface area contributed by atoms with Crippen molar-refractivity contribution in [1.29, 1.82) is 0 Å². The predicted molar refractivity (Wildman–Crippen MR) is 140 cm³/mol. The molecule has 35 heavy (non-hydrogen) atoms. The van der Waals surface area contributed by atoms with Crippen LogP contribution in [0.4, 0.5) is 0 Å². The molecule has 7 rings (SSSR count). The maximum Gasteiger partial charge on any atom is 0.0678 e. The van der Waals surface area contributed by atoms with Crippen molar-refractivity contribution in [3.8, 4) is 0 Å². The van der Waals surface area contributed by atoms with Crippen molar-refractivity contribution in [2.24, 2.45) is 50.7 Å². The molecule has 9 atom stereocenters. The molecule has 0 unspecified atom stereocenters. The van der Waals surface area contributed by atoms with E-state index in [2.05, 4.69) is 48.5 Å². The normalized spacial score (nSPS) is 52.9. The molecule has 1 aliphatic heterocycles. The molecule has 2 bridgehead atoms. The molecule has 0 N–H and O–H groups in total. The number of hydrogen-bond acceptors (Lipinski definition) is 3. The number of aromatic nitrogens is 2. The zero-order valence-electron chi connectivity index (χ0n) is 23.4. The summed E-state index contributed by atoms with van der Waals surface area (Å²) in [6.45, 7) is 19.2. The molecule has 0 spiro atoms. The predicted octanol–water partition coefficient (Wildman–Crippen LogP) is 7.38. The Kier molecular flexibility index (Phi) is 4.45. The van der Waals surface area contributed by atoms with Crippen LogP contribution in [-0.4, -0.2) is 22.7 Å². The van der Waals surface area contributed by atoms with E-state index in [1.165, 1.54) is 62.8 Å². The summed E-state index contributed by atoms with van der Waals surface area (Å²) in [6, 6.07) is 0. The van der Waals surface area contributed by atoms with E-state index in [4.69, 9.17) is 14.7 Å². The lowest BCUT2D eigenvalue weighted by atomic mass is 9.31. The van der Waals surface area contributed by atoms with E-state index in [-0.39, 0.29) is 5.41 Å². The van der Waals surface area contributed by atoms with Crippen molar-refractivity contribution in [1.82, 2.24) is 9.97 Å². The maximum absolute atomic E-state index is 6.75. The second-order valence-electron chi connectivity index (χ2n) is 16.0. The van der Waals surface area contributed by atoms with Gasteiger partial charge in [-0.1, -0.05) is 48.5 Å². The molecule has 0 radical (unpaired) electrons. The van der Waals surface area contributed by atoms with Crippen LogP contribution in [0.2, 0.25) is 0 Å². The zero-order valence-corrected chi connectivity index (χ0v) is 23.4. The summed E-state index contributed by atoms with van der Waals surface area (Å²) in [6.07, 6.45) is 16.6. The fraction of sp³-hybridized carbons (Fsp3) is 0.875. The Bertz CT molecular complexity index is 1060. The molecule has 1 saturated heterocycles. The van der Waals surface area contributed by atoms with Crippen LogP contribution in [0, 0.1) is 50.7 Å². The second kappa shape index (κ2) is 6.72. The standard InChI is InChI=1S/C32H48N2O/c1-27(2)12-14-32-15-13-30(6)20(24(32)26(27)35-19-32)8-9-23-29(5)18-21-25(34-17-16-33-21)28(3,4)22(29)10-11-31(23,30)7/h16-17,20,22-24,26H,8-15,18-19H2,1-7H3/t20-,22+,23+,24-,26+,29+,30-,31+,32+/m1/s1. The number of ether oxygens (including phenoxy) is 1. The van der Waals surface area contributed by atoms with Gasteiger partial charge in [-0.25, -0.2) is 0 Å². The Morgan fingerprint density at radius 2 is 1.51 bits per heavy atom. The van der Waals surface area contributed by atoms with Gasteiger partial charge in [-0.3, -0.25) is 9.97 Å². The molecule has 6 aliphatic rings. The van der Waals surface area contributed by atoms with Gasteiger partial charge in [-0.05, 0) is 109 Å². The first-order valence-corrected chi connectivity index (χ1v) is 14.8. The highest BCUT2D eigenvalue weighted by atomic mass is 16.5. The molecular weight excluding hydrogens is 428 g/mol. The summed E-state index contributed by atoms with van der Waals surface area (Å²) in [4.78, 5) is 9.83. The van der Waals surface area contributed by atoms with E-state index in [0.29, 0.717) is 39.1 Å². The second-order valence-corrected chi connectivity index (χ2v) is 16.0. The van der Waals surface area contributed by atoms with E-state index < -0.39 is 0 Å². The summed E-state index contributed by atoms with van der Waals surface area (Å²) in [5, 5.41) is 0. The highest BCUT2D eigenvalue weighted by Crippen LogP contribution is 2.77. The van der Waals surface area contributed by atoms with Gasteiger partial charge in [0.05, 0.1) is 24.1 Å². The van der Waals surface area contributed by atoms with Gasteiger partial charge in [-0.15, -0.1) is 0 Å². The first-order valence-electron chi connectivity index (χ1n) is 14.8. The molecule has 1 aromatic heterocycles. The summed E-state index contributed by atoms with van der Waals surface area (Å²) < 4.78 is 6.75. The smallest absolute Gasteiger partial charge is 0.0678 e. The number of hydrogen-bond donors (Lipinski definition) is 0. The fourth-order valence-corrected chi connectivity index (χ4v) is 12.3. The van der Waals surface area contributed by atoms with E-state index in [0.717, 1.165) is 30.8 Å². The molecular formula is C32H48N2O. The largest absolute Gasteiger partial charge is 0.377 e. The van der Waals surface area contributed by atoms with Crippen LogP contribution in [0.25, 0.3) is 0 Å². The van der Waals surface area contributed by atoms with Crippen molar-refractivity contribution < 1.29 is 4.74 Å². The van der Waals surface area contributed by atoms with Crippen LogP contribution < -0.4 is 0 Å². The molecule has 5 aliphatic carbocycles. The van der Waals surface area contributed by atoms with E-state index in [1.54, 1.807) is 0 Å². The minimum atomic E-state index is 0.104. The van der Waals surface area contributed by atoms with Crippen LogP contribution in [0.3, 0.4) is 0 Å². The molecule has 5 fully saturated rings. The SMILES string of the molecule is CC1(C)CC[C@@]23CC[C@]4(C)[C@H](CC[C@H]5[C@@]6(C)Cc7nccnc7C(C)(C)[C@@H]6CC[C@@]54C)[C@@H]2[C@@H]1OC3. The summed E-state index contributed by atoms with van der Waals surface area (Å²) in [5.41, 5.74) is 4.62. The molecule has 192 valence electrons. The van der Waals surface area contributed by atoms with Crippen molar-refractivity contribution in [2.45, 2.75) is 118 Å². The molecule has 3 heteroatoms. The monoisotopic (exact) mass is 476 g/mol. The third kappa shape index (κ3) is 2.58. The zero-order chi connectivity index (χ0) is 24.6. The van der Waals surface area contributed by atoms with E-state index >= 15 is 0 Å². The summed E-state index contributed by atoms with van der Waals surface area (Å²) >= 11 is 0. The van der Waals surface area contributed by atoms with Gasteiger partial charge >= 0.3 is 0 Å². The Morgan fingerprint density at radius 1 is 0.771 bits per heavy atom. The van der Waals surface area contributed by atoms with Gasteiger partial charge in [0.25, 0.3) is 0 Å². The quantitative estimate of drug-likeness (QED) is 0.392. The number of rotatable bonds is 0. The van der Waals surface area contributed by atoms with Gasteiger partial charge in [0.2, 0.25) is 0 Å². The number of nitrogens with zero attached hydrogens (tertiary/aromatic N) is 2. The van der Waals surface area contributed by atoms with Crippen molar-refractivity contribution in [3.05, 3.63) is 23.8 Å². The Hall–Kier alpha value is -0.960. The van der Waals surface area contributed by atoms with E-state index in [1.807, 2.05) is 12.4 Å². The average molecular weight is 477 g/mol. The lowest BCUT2D eigenvalue weighted by Crippen LogP contribution is -2.67. The third-order valence-corrected chi connectivity index (χ3v) is 14.2. The van der Waals surface area contributed by atoms with Gasteiger partial charge < -0.3 is 4.74 Å². The Labute approximate surface area is 213 Å². The Morgan fingerprint density at radius 3 is 2.31 bits per heavy atom. The fourth-order valence-electron chi connectivity index (χ4n) is 12.3. The molecule has 2 heterocycles. The molecule has 1 aromatic rings. The first-order chi connectivity index (χ1) is 16.4. The van der Waals surface area contributed by atoms with Crippen LogP contribution >= 0.6 is 0 Å².